The second-order valence-electron chi connectivity index (χ2n) is 5.58. The Kier molecular flexibility index (Phi) is 4.48. The second-order valence-corrected chi connectivity index (χ2v) is 6.55. The van der Waals surface area contributed by atoms with Gasteiger partial charge in [-0.2, -0.15) is 0 Å². The van der Waals surface area contributed by atoms with Crippen molar-refractivity contribution in [2.75, 3.05) is 6.54 Å². The summed E-state index contributed by atoms with van der Waals surface area (Å²) in [6.45, 7) is 3.33. The van der Waals surface area contributed by atoms with Gasteiger partial charge in [0, 0.05) is 23.0 Å². The first kappa shape index (κ1) is 13.8. The van der Waals surface area contributed by atoms with Gasteiger partial charge in [0.25, 0.3) is 0 Å². The largest absolute Gasteiger partial charge is 0.313 e. The maximum absolute atomic E-state index is 4.22. The SMILES string of the molecule is CCCNC(Cc1cncs1)C1CCc2ccccc21. The van der Waals surface area contributed by atoms with Crippen molar-refractivity contribution in [2.45, 2.75) is 44.6 Å². The minimum atomic E-state index is 0.541. The fourth-order valence-corrected chi connectivity index (χ4v) is 3.91. The number of hydrogen-bond donors (Lipinski definition) is 1. The molecular formula is C17H22N2S. The predicted molar refractivity (Wildman–Crippen MR) is 85.4 cm³/mol. The molecule has 3 heteroatoms. The van der Waals surface area contributed by atoms with Crippen molar-refractivity contribution in [3.8, 4) is 0 Å². The summed E-state index contributed by atoms with van der Waals surface area (Å²) in [5.41, 5.74) is 5.05. The van der Waals surface area contributed by atoms with Gasteiger partial charge in [-0.05, 0) is 43.4 Å². The van der Waals surface area contributed by atoms with Crippen LogP contribution >= 0.6 is 11.3 Å². The van der Waals surface area contributed by atoms with Crippen LogP contribution < -0.4 is 5.32 Å². The molecule has 0 spiro atoms. The van der Waals surface area contributed by atoms with Crippen LogP contribution in [0.4, 0.5) is 0 Å². The van der Waals surface area contributed by atoms with Crippen molar-refractivity contribution >= 4 is 11.3 Å². The number of nitrogens with zero attached hydrogens (tertiary/aromatic N) is 1. The number of nitrogens with one attached hydrogen (secondary N) is 1. The summed E-state index contributed by atoms with van der Waals surface area (Å²) in [6.07, 6.45) is 6.82. The van der Waals surface area contributed by atoms with Crippen LogP contribution in [0.3, 0.4) is 0 Å². The highest BCUT2D eigenvalue weighted by molar-refractivity contribution is 7.09. The lowest BCUT2D eigenvalue weighted by Gasteiger charge is -2.25. The zero-order chi connectivity index (χ0) is 13.8. The third-order valence-corrected chi connectivity index (χ3v) is 5.03. The molecule has 2 nitrogen and oxygen atoms in total. The molecule has 1 aliphatic carbocycles. The summed E-state index contributed by atoms with van der Waals surface area (Å²) in [5, 5.41) is 3.77. The normalized spacial score (nSPS) is 18.9. The Bertz CT molecular complexity index is 536. The maximum Gasteiger partial charge on any atom is 0.0794 e. The average molecular weight is 286 g/mol. The molecule has 1 aromatic carbocycles. The summed E-state index contributed by atoms with van der Waals surface area (Å²) in [7, 11) is 0. The van der Waals surface area contributed by atoms with Crippen LogP contribution in [0.1, 0.15) is 41.7 Å². The standard InChI is InChI=1S/C17H22N2S/c1-2-9-19-17(10-14-11-18-12-20-14)16-8-7-13-5-3-4-6-15(13)16/h3-6,11-12,16-17,19H,2,7-10H2,1H3. The maximum atomic E-state index is 4.22. The number of benzene rings is 1. The van der Waals surface area contributed by atoms with Gasteiger partial charge in [-0.1, -0.05) is 31.2 Å². The van der Waals surface area contributed by atoms with Crippen LogP contribution in [-0.2, 0) is 12.8 Å². The summed E-state index contributed by atoms with van der Waals surface area (Å²) in [6, 6.07) is 9.50. The van der Waals surface area contributed by atoms with Gasteiger partial charge in [0.1, 0.15) is 0 Å². The minimum Gasteiger partial charge on any atom is -0.313 e. The van der Waals surface area contributed by atoms with E-state index in [1.807, 2.05) is 11.7 Å². The molecule has 106 valence electrons. The van der Waals surface area contributed by atoms with Crippen LogP contribution in [0.15, 0.2) is 36.0 Å². The first-order valence-electron chi connectivity index (χ1n) is 7.57. The van der Waals surface area contributed by atoms with Crippen molar-refractivity contribution in [1.82, 2.24) is 10.3 Å². The van der Waals surface area contributed by atoms with Crippen LogP contribution in [0.2, 0.25) is 0 Å². The lowest BCUT2D eigenvalue weighted by Crippen LogP contribution is -2.36. The minimum absolute atomic E-state index is 0.541. The molecule has 3 rings (SSSR count). The number of aryl methyl sites for hydroxylation is 1. The van der Waals surface area contributed by atoms with Crippen LogP contribution in [-0.4, -0.2) is 17.6 Å². The number of thiazole rings is 1. The molecule has 2 atom stereocenters. The van der Waals surface area contributed by atoms with Crippen LogP contribution in [0, 0.1) is 0 Å². The van der Waals surface area contributed by atoms with E-state index in [1.165, 1.54) is 24.1 Å². The number of rotatable bonds is 6. The molecule has 0 fully saturated rings. The number of aromatic nitrogens is 1. The fraction of sp³-hybridized carbons (Fsp3) is 0.471. The van der Waals surface area contributed by atoms with Crippen LogP contribution in [0.25, 0.3) is 0 Å². The van der Waals surface area contributed by atoms with Crippen molar-refractivity contribution < 1.29 is 0 Å². The summed E-state index contributed by atoms with van der Waals surface area (Å²) >= 11 is 1.77. The molecule has 1 N–H and O–H groups in total. The lowest BCUT2D eigenvalue weighted by atomic mass is 9.90. The highest BCUT2D eigenvalue weighted by atomic mass is 32.1. The Morgan fingerprint density at radius 1 is 1.40 bits per heavy atom. The summed E-state index contributed by atoms with van der Waals surface area (Å²) in [5.74, 6) is 0.653. The Morgan fingerprint density at radius 3 is 3.10 bits per heavy atom. The molecule has 2 aromatic rings. The van der Waals surface area contributed by atoms with Gasteiger partial charge in [-0.25, -0.2) is 0 Å². The van der Waals surface area contributed by atoms with Gasteiger partial charge >= 0.3 is 0 Å². The monoisotopic (exact) mass is 286 g/mol. The zero-order valence-electron chi connectivity index (χ0n) is 12.0. The number of fused-ring (bicyclic) bond motifs is 1. The van der Waals surface area contributed by atoms with E-state index < -0.39 is 0 Å². The highest BCUT2D eigenvalue weighted by Gasteiger charge is 2.29. The molecule has 0 saturated carbocycles. The summed E-state index contributed by atoms with van der Waals surface area (Å²) in [4.78, 5) is 5.61. The van der Waals surface area contributed by atoms with E-state index in [4.69, 9.17) is 0 Å². The molecule has 0 radical (unpaired) electrons. The van der Waals surface area contributed by atoms with Gasteiger partial charge in [0.2, 0.25) is 0 Å². The average Bonchev–Trinajstić information content (AvgIpc) is 3.12. The molecule has 0 aliphatic heterocycles. The molecule has 20 heavy (non-hydrogen) atoms. The van der Waals surface area contributed by atoms with Crippen LogP contribution in [0.5, 0.6) is 0 Å². The van der Waals surface area contributed by atoms with Crippen molar-refractivity contribution in [3.63, 3.8) is 0 Å². The van der Waals surface area contributed by atoms with E-state index in [1.54, 1.807) is 22.5 Å². The van der Waals surface area contributed by atoms with E-state index in [-0.39, 0.29) is 0 Å². The van der Waals surface area contributed by atoms with Gasteiger partial charge in [-0.3, -0.25) is 4.98 Å². The molecule has 2 unspecified atom stereocenters. The van der Waals surface area contributed by atoms with Gasteiger partial charge < -0.3 is 5.32 Å². The first-order valence-corrected chi connectivity index (χ1v) is 8.45. The molecular weight excluding hydrogens is 264 g/mol. The molecule has 0 saturated heterocycles. The van der Waals surface area contributed by atoms with E-state index >= 15 is 0 Å². The number of hydrogen-bond acceptors (Lipinski definition) is 3. The first-order chi connectivity index (χ1) is 9.88. The lowest BCUT2D eigenvalue weighted by molar-refractivity contribution is 0.427. The van der Waals surface area contributed by atoms with Crippen molar-refractivity contribution in [1.29, 1.82) is 0 Å². The van der Waals surface area contributed by atoms with E-state index in [9.17, 15) is 0 Å². The van der Waals surface area contributed by atoms with Gasteiger partial charge in [0.15, 0.2) is 0 Å². The Hall–Kier alpha value is -1.19. The van der Waals surface area contributed by atoms with Crippen molar-refractivity contribution in [3.05, 3.63) is 52.0 Å². The van der Waals surface area contributed by atoms with E-state index in [0.29, 0.717) is 12.0 Å². The molecule has 1 aliphatic rings. The third-order valence-electron chi connectivity index (χ3n) is 4.23. The quantitative estimate of drug-likeness (QED) is 0.874. The molecule has 0 amide bonds. The van der Waals surface area contributed by atoms with E-state index in [0.717, 1.165) is 13.0 Å². The van der Waals surface area contributed by atoms with Gasteiger partial charge in [0.05, 0.1) is 5.51 Å². The van der Waals surface area contributed by atoms with Crippen molar-refractivity contribution in [2.24, 2.45) is 0 Å². The Morgan fingerprint density at radius 2 is 2.30 bits per heavy atom. The zero-order valence-corrected chi connectivity index (χ0v) is 12.8. The smallest absolute Gasteiger partial charge is 0.0794 e. The van der Waals surface area contributed by atoms with E-state index in [2.05, 4.69) is 41.5 Å². The molecule has 1 heterocycles. The topological polar surface area (TPSA) is 24.9 Å². The fourth-order valence-electron chi connectivity index (χ4n) is 3.25. The summed E-state index contributed by atoms with van der Waals surface area (Å²) < 4.78 is 0. The molecule has 0 bridgehead atoms. The van der Waals surface area contributed by atoms with Gasteiger partial charge in [-0.15, -0.1) is 11.3 Å². The highest BCUT2D eigenvalue weighted by Crippen LogP contribution is 2.36. The second kappa shape index (κ2) is 6.51. The Balaban J connectivity index is 1.79. The third kappa shape index (κ3) is 2.94. The molecule has 1 aromatic heterocycles. The predicted octanol–water partition coefficient (Wildman–Crippen LogP) is 3.78. The Labute approximate surface area is 125 Å².